The van der Waals surface area contributed by atoms with Crippen LogP contribution in [0.4, 0.5) is 0 Å². The van der Waals surface area contributed by atoms with Crippen LogP contribution in [-0.4, -0.2) is 63.7 Å². The van der Waals surface area contributed by atoms with Crippen molar-refractivity contribution < 1.29 is 23.1 Å². The molecule has 0 bridgehead atoms. The molecule has 4 rings (SSSR count). The maximum absolute atomic E-state index is 12.8. The number of fused-ring (bicyclic) bond motifs is 1. The molecule has 4 heterocycles. The molecule has 31 heavy (non-hydrogen) atoms. The summed E-state index contributed by atoms with van der Waals surface area (Å²) in [6.07, 6.45) is 4.64. The number of sulfonamides is 1. The van der Waals surface area contributed by atoms with Crippen LogP contribution in [-0.2, 0) is 26.2 Å². The highest BCUT2D eigenvalue weighted by Gasteiger charge is 2.42. The summed E-state index contributed by atoms with van der Waals surface area (Å²) in [6, 6.07) is 5.49. The van der Waals surface area contributed by atoms with Gasteiger partial charge in [0.1, 0.15) is 6.04 Å². The fourth-order valence-corrected chi connectivity index (χ4v) is 5.67. The second kappa shape index (κ2) is 8.42. The van der Waals surface area contributed by atoms with E-state index in [2.05, 4.69) is 9.97 Å². The normalized spacial score (nSPS) is 18.3. The Bertz CT molecular complexity index is 1250. The summed E-state index contributed by atoms with van der Waals surface area (Å²) in [6.45, 7) is -0.689. The summed E-state index contributed by atoms with van der Waals surface area (Å²) in [7, 11) is -4.14. The van der Waals surface area contributed by atoms with Gasteiger partial charge in [-0.25, -0.2) is 8.42 Å². The Hall–Kier alpha value is -2.73. The molecule has 12 heteroatoms. The number of nitrogens with one attached hydrogen (secondary N) is 1. The van der Waals surface area contributed by atoms with Crippen LogP contribution >= 0.6 is 22.9 Å². The first-order valence-electron chi connectivity index (χ1n) is 9.10. The van der Waals surface area contributed by atoms with E-state index in [0.29, 0.717) is 14.9 Å². The predicted molar refractivity (Wildman–Crippen MR) is 117 cm³/mol. The zero-order valence-corrected chi connectivity index (χ0v) is 18.3. The van der Waals surface area contributed by atoms with Crippen LogP contribution in [0.1, 0.15) is 10.6 Å². The van der Waals surface area contributed by atoms with Crippen LogP contribution in [0.3, 0.4) is 0 Å². The Morgan fingerprint density at radius 3 is 2.87 bits per heavy atom. The van der Waals surface area contributed by atoms with Gasteiger partial charge in [0.05, 0.1) is 17.4 Å². The first-order chi connectivity index (χ1) is 14.7. The van der Waals surface area contributed by atoms with Crippen LogP contribution in [0.25, 0.3) is 17.0 Å². The summed E-state index contributed by atoms with van der Waals surface area (Å²) in [5.41, 5.74) is 1.54. The molecular weight excluding hydrogens is 464 g/mol. The van der Waals surface area contributed by atoms with Crippen molar-refractivity contribution in [3.8, 4) is 0 Å². The van der Waals surface area contributed by atoms with Crippen molar-refractivity contribution in [3.05, 3.63) is 57.0 Å². The van der Waals surface area contributed by atoms with Gasteiger partial charge in [-0.3, -0.25) is 14.6 Å². The number of pyridine rings is 1. The van der Waals surface area contributed by atoms with Gasteiger partial charge in [0.15, 0.2) is 0 Å². The van der Waals surface area contributed by atoms with Gasteiger partial charge in [-0.05, 0) is 30.3 Å². The number of rotatable bonds is 6. The second-order valence-electron chi connectivity index (χ2n) is 6.92. The van der Waals surface area contributed by atoms with Crippen molar-refractivity contribution >= 4 is 61.8 Å². The summed E-state index contributed by atoms with van der Waals surface area (Å²) in [4.78, 5) is 33.6. The fourth-order valence-electron chi connectivity index (χ4n) is 3.34. The van der Waals surface area contributed by atoms with E-state index in [9.17, 15) is 23.1 Å². The molecule has 1 amide bonds. The lowest BCUT2D eigenvalue weighted by atomic mass is 10.2. The summed E-state index contributed by atoms with van der Waals surface area (Å²) < 4.78 is 26.8. The first kappa shape index (κ1) is 21.5. The van der Waals surface area contributed by atoms with E-state index in [1.807, 2.05) is 6.07 Å². The first-order valence-corrected chi connectivity index (χ1v) is 11.8. The number of hydrogen-bond donors (Lipinski definition) is 2. The molecule has 3 aromatic rings. The number of aliphatic carboxylic acids is 1. The van der Waals surface area contributed by atoms with E-state index in [1.54, 1.807) is 30.6 Å². The highest BCUT2D eigenvalue weighted by Crippen LogP contribution is 2.25. The molecule has 0 aliphatic carbocycles. The van der Waals surface area contributed by atoms with E-state index >= 15 is 0 Å². The van der Waals surface area contributed by atoms with Gasteiger partial charge in [0.25, 0.3) is 0 Å². The highest BCUT2D eigenvalue weighted by molar-refractivity contribution is 7.92. The monoisotopic (exact) mass is 480 g/mol. The lowest BCUT2D eigenvalue weighted by Gasteiger charge is -2.37. The minimum atomic E-state index is -4.14. The SMILES string of the molecule is O=C(O)C1CN(Cc2cc3cnccc3[nH]2)C(=O)CN1S(=O)(=O)C=Cc1ccc(Cl)s1. The average Bonchev–Trinajstić information content (AvgIpc) is 3.32. The Kier molecular flexibility index (Phi) is 5.84. The third-order valence-corrected chi connectivity index (χ3v) is 7.55. The van der Waals surface area contributed by atoms with E-state index in [1.165, 1.54) is 22.3 Å². The molecule has 0 radical (unpaired) electrons. The number of hydrogen-bond acceptors (Lipinski definition) is 6. The van der Waals surface area contributed by atoms with E-state index in [4.69, 9.17) is 11.6 Å². The summed E-state index contributed by atoms with van der Waals surface area (Å²) in [5, 5.41) is 11.4. The molecule has 1 aliphatic heterocycles. The molecule has 2 N–H and O–H groups in total. The van der Waals surface area contributed by atoms with Crippen LogP contribution in [0.15, 0.2) is 42.1 Å². The summed E-state index contributed by atoms with van der Waals surface area (Å²) >= 11 is 7.02. The van der Waals surface area contributed by atoms with Crippen molar-refractivity contribution in [1.82, 2.24) is 19.2 Å². The van der Waals surface area contributed by atoms with E-state index in [0.717, 1.165) is 20.6 Å². The third-order valence-electron chi connectivity index (χ3n) is 4.83. The number of carbonyl (C=O) groups excluding carboxylic acids is 1. The Balaban J connectivity index is 1.54. The van der Waals surface area contributed by atoms with Gasteiger partial charge in [-0.1, -0.05) is 11.6 Å². The largest absolute Gasteiger partial charge is 0.480 e. The number of carbonyl (C=O) groups is 2. The maximum Gasteiger partial charge on any atom is 0.323 e. The number of nitrogens with zero attached hydrogens (tertiary/aromatic N) is 3. The van der Waals surface area contributed by atoms with Gasteiger partial charge >= 0.3 is 5.97 Å². The highest BCUT2D eigenvalue weighted by atomic mass is 35.5. The zero-order chi connectivity index (χ0) is 22.2. The molecule has 0 aromatic carbocycles. The number of piperazine rings is 1. The Morgan fingerprint density at radius 1 is 1.39 bits per heavy atom. The minimum Gasteiger partial charge on any atom is -0.480 e. The maximum atomic E-state index is 12.8. The number of aromatic nitrogens is 2. The van der Waals surface area contributed by atoms with Crippen LogP contribution in [0.5, 0.6) is 0 Å². The van der Waals surface area contributed by atoms with E-state index in [-0.39, 0.29) is 13.1 Å². The number of carboxylic acid groups (broad SMARTS) is 1. The predicted octanol–water partition coefficient (Wildman–Crippen LogP) is 2.38. The Morgan fingerprint density at radius 2 is 2.19 bits per heavy atom. The van der Waals surface area contributed by atoms with Gasteiger partial charge < -0.3 is 15.0 Å². The topological polar surface area (TPSA) is 124 Å². The number of carboxylic acids is 1. The van der Waals surface area contributed by atoms with Gasteiger partial charge in [0, 0.05) is 45.8 Å². The van der Waals surface area contributed by atoms with Crippen LogP contribution in [0.2, 0.25) is 4.34 Å². The second-order valence-corrected chi connectivity index (χ2v) is 10.4. The molecule has 1 aliphatic rings. The Labute approximate surface area is 186 Å². The fraction of sp³-hybridized carbons (Fsp3) is 0.211. The third kappa shape index (κ3) is 4.64. The van der Waals surface area contributed by atoms with Crippen LogP contribution in [0, 0.1) is 0 Å². The van der Waals surface area contributed by atoms with Gasteiger partial charge in [-0.2, -0.15) is 4.31 Å². The molecule has 1 saturated heterocycles. The molecule has 1 fully saturated rings. The molecule has 162 valence electrons. The number of thiophene rings is 1. The van der Waals surface area contributed by atoms with Crippen molar-refractivity contribution in [2.75, 3.05) is 13.1 Å². The number of H-pyrrole nitrogens is 1. The zero-order valence-electron chi connectivity index (χ0n) is 15.9. The molecule has 9 nitrogen and oxygen atoms in total. The molecule has 3 aromatic heterocycles. The van der Waals surface area contributed by atoms with Gasteiger partial charge in [0.2, 0.25) is 15.9 Å². The average molecular weight is 481 g/mol. The quantitative estimate of drug-likeness (QED) is 0.558. The van der Waals surface area contributed by atoms with Gasteiger partial charge in [-0.15, -0.1) is 11.3 Å². The van der Waals surface area contributed by atoms with Crippen molar-refractivity contribution in [1.29, 1.82) is 0 Å². The number of amides is 1. The van der Waals surface area contributed by atoms with E-state index < -0.39 is 34.5 Å². The number of aromatic amines is 1. The molecule has 1 atom stereocenters. The van der Waals surface area contributed by atoms with Crippen molar-refractivity contribution in [2.24, 2.45) is 0 Å². The lowest BCUT2D eigenvalue weighted by molar-refractivity contribution is -0.148. The standard InChI is InChI=1S/C19H17ClN4O5S2/c20-17-2-1-14(30-17)4-6-31(28,29)24-11-18(25)23(10-16(24)19(26)27)9-13-7-12-8-21-5-3-15(12)22-13/h1-8,16,22H,9-11H2,(H,26,27). The number of halogens is 1. The smallest absolute Gasteiger partial charge is 0.323 e. The lowest BCUT2D eigenvalue weighted by Crippen LogP contribution is -2.59. The van der Waals surface area contributed by atoms with Crippen molar-refractivity contribution in [3.63, 3.8) is 0 Å². The molecule has 0 spiro atoms. The molecular formula is C19H17ClN4O5S2. The minimum absolute atomic E-state index is 0.134. The van der Waals surface area contributed by atoms with Crippen LogP contribution < -0.4 is 0 Å². The molecule has 1 unspecified atom stereocenters. The molecule has 0 saturated carbocycles. The van der Waals surface area contributed by atoms with Crippen molar-refractivity contribution in [2.45, 2.75) is 12.6 Å². The summed E-state index contributed by atoms with van der Waals surface area (Å²) in [5.74, 6) is -1.81.